The van der Waals surface area contributed by atoms with Crippen molar-refractivity contribution in [2.45, 2.75) is 51.5 Å². The molecular formula is C16H26N2O. The minimum absolute atomic E-state index is 0.0767. The van der Waals surface area contributed by atoms with E-state index in [4.69, 9.17) is 0 Å². The standard InChI is InChI=1S/C16H26N2O/c1-14(19)17-11-5-6-15-9-12-18(13-10-15)16-7-3-2-4-8-16/h3,7,9,16H,2,4-6,8,10-13H2,1H3,(H,17,19). The Balaban J connectivity index is 1.69. The average Bonchev–Trinajstić information content (AvgIpc) is 2.45. The summed E-state index contributed by atoms with van der Waals surface area (Å²) in [7, 11) is 0. The van der Waals surface area contributed by atoms with Gasteiger partial charge in [0.05, 0.1) is 0 Å². The number of hydrogen-bond acceptors (Lipinski definition) is 2. The van der Waals surface area contributed by atoms with Gasteiger partial charge < -0.3 is 5.32 Å². The summed E-state index contributed by atoms with van der Waals surface area (Å²) in [6, 6.07) is 0.672. The second-order valence-electron chi connectivity index (χ2n) is 5.62. The van der Waals surface area contributed by atoms with Crippen LogP contribution in [0.2, 0.25) is 0 Å². The Morgan fingerprint density at radius 2 is 2.42 bits per heavy atom. The number of carbonyl (C=O) groups is 1. The molecule has 1 atom stereocenters. The third kappa shape index (κ3) is 4.83. The Morgan fingerprint density at radius 3 is 3.05 bits per heavy atom. The van der Waals surface area contributed by atoms with Crippen LogP contribution in [0.5, 0.6) is 0 Å². The molecule has 2 rings (SSSR count). The highest BCUT2D eigenvalue weighted by Gasteiger charge is 2.19. The van der Waals surface area contributed by atoms with Crippen LogP contribution in [0, 0.1) is 0 Å². The van der Waals surface area contributed by atoms with E-state index in [-0.39, 0.29) is 5.91 Å². The molecule has 1 aliphatic carbocycles. The van der Waals surface area contributed by atoms with Crippen molar-refractivity contribution in [3.63, 3.8) is 0 Å². The van der Waals surface area contributed by atoms with Gasteiger partial charge in [0.25, 0.3) is 0 Å². The van der Waals surface area contributed by atoms with Crippen LogP contribution in [0.25, 0.3) is 0 Å². The zero-order valence-electron chi connectivity index (χ0n) is 12.0. The lowest BCUT2D eigenvalue weighted by molar-refractivity contribution is -0.118. The van der Waals surface area contributed by atoms with Crippen LogP contribution in [0.1, 0.15) is 45.4 Å². The average molecular weight is 262 g/mol. The summed E-state index contributed by atoms with van der Waals surface area (Å²) >= 11 is 0. The van der Waals surface area contributed by atoms with Crippen molar-refractivity contribution in [1.29, 1.82) is 0 Å². The van der Waals surface area contributed by atoms with Gasteiger partial charge in [-0.15, -0.1) is 0 Å². The lowest BCUT2D eigenvalue weighted by atomic mass is 9.97. The van der Waals surface area contributed by atoms with Gasteiger partial charge in [-0.1, -0.05) is 23.8 Å². The van der Waals surface area contributed by atoms with Crippen molar-refractivity contribution in [2.24, 2.45) is 0 Å². The number of amides is 1. The first-order valence-electron chi connectivity index (χ1n) is 7.59. The molecule has 1 N–H and O–H groups in total. The fraction of sp³-hybridized carbons (Fsp3) is 0.688. The van der Waals surface area contributed by atoms with E-state index in [1.54, 1.807) is 12.5 Å². The van der Waals surface area contributed by atoms with Crippen molar-refractivity contribution in [3.8, 4) is 0 Å². The molecule has 1 amide bonds. The molecule has 3 heteroatoms. The minimum atomic E-state index is 0.0767. The van der Waals surface area contributed by atoms with Gasteiger partial charge in [-0.2, -0.15) is 0 Å². The van der Waals surface area contributed by atoms with Gasteiger partial charge in [0.2, 0.25) is 5.91 Å². The van der Waals surface area contributed by atoms with Crippen molar-refractivity contribution in [2.75, 3.05) is 19.6 Å². The maximum Gasteiger partial charge on any atom is 0.216 e. The molecule has 0 radical (unpaired) electrons. The van der Waals surface area contributed by atoms with E-state index in [9.17, 15) is 4.79 Å². The van der Waals surface area contributed by atoms with Crippen LogP contribution >= 0.6 is 0 Å². The van der Waals surface area contributed by atoms with Crippen LogP contribution in [-0.4, -0.2) is 36.5 Å². The highest BCUT2D eigenvalue weighted by molar-refractivity contribution is 5.72. The number of nitrogens with zero attached hydrogens (tertiary/aromatic N) is 1. The number of carbonyl (C=O) groups excluding carboxylic acids is 1. The summed E-state index contributed by atoms with van der Waals surface area (Å²) in [6.45, 7) is 4.68. The summed E-state index contributed by atoms with van der Waals surface area (Å²) in [4.78, 5) is 13.4. The topological polar surface area (TPSA) is 32.3 Å². The molecule has 2 aliphatic rings. The number of nitrogens with one attached hydrogen (secondary N) is 1. The number of rotatable bonds is 5. The van der Waals surface area contributed by atoms with Gasteiger partial charge in [0.1, 0.15) is 0 Å². The number of allylic oxidation sites excluding steroid dienone is 1. The Hall–Kier alpha value is -1.09. The van der Waals surface area contributed by atoms with Crippen LogP contribution in [0.3, 0.4) is 0 Å². The molecule has 0 saturated heterocycles. The summed E-state index contributed by atoms with van der Waals surface area (Å²) in [5, 5.41) is 2.86. The molecule has 0 spiro atoms. The van der Waals surface area contributed by atoms with Gasteiger partial charge in [-0.3, -0.25) is 9.69 Å². The number of hydrogen-bond donors (Lipinski definition) is 1. The zero-order chi connectivity index (χ0) is 13.5. The third-order valence-corrected chi connectivity index (χ3v) is 4.08. The highest BCUT2D eigenvalue weighted by atomic mass is 16.1. The first kappa shape index (κ1) is 14.3. The van der Waals surface area contributed by atoms with Crippen molar-refractivity contribution in [1.82, 2.24) is 10.2 Å². The van der Waals surface area contributed by atoms with E-state index in [2.05, 4.69) is 28.4 Å². The molecule has 0 aromatic rings. The molecule has 19 heavy (non-hydrogen) atoms. The van der Waals surface area contributed by atoms with E-state index in [0.29, 0.717) is 6.04 Å². The fourth-order valence-corrected chi connectivity index (χ4v) is 2.93. The van der Waals surface area contributed by atoms with Crippen LogP contribution in [0.4, 0.5) is 0 Å². The zero-order valence-corrected chi connectivity index (χ0v) is 12.0. The summed E-state index contributed by atoms with van der Waals surface area (Å²) in [6.07, 6.45) is 14.4. The molecule has 0 saturated carbocycles. The molecule has 3 nitrogen and oxygen atoms in total. The quantitative estimate of drug-likeness (QED) is 0.610. The predicted octanol–water partition coefficient (Wildman–Crippen LogP) is 2.64. The first-order chi connectivity index (χ1) is 9.25. The molecular weight excluding hydrogens is 236 g/mol. The van der Waals surface area contributed by atoms with Crippen molar-refractivity contribution in [3.05, 3.63) is 23.8 Å². The molecule has 1 unspecified atom stereocenters. The first-order valence-corrected chi connectivity index (χ1v) is 7.59. The van der Waals surface area contributed by atoms with Gasteiger partial charge in [-0.25, -0.2) is 0 Å². The van der Waals surface area contributed by atoms with Crippen molar-refractivity contribution < 1.29 is 4.79 Å². The normalized spacial score (nSPS) is 24.1. The molecule has 0 aromatic heterocycles. The van der Waals surface area contributed by atoms with Gasteiger partial charge in [0, 0.05) is 32.6 Å². The smallest absolute Gasteiger partial charge is 0.216 e. The Morgan fingerprint density at radius 1 is 1.53 bits per heavy atom. The summed E-state index contributed by atoms with van der Waals surface area (Å²) in [5.41, 5.74) is 1.57. The van der Waals surface area contributed by atoms with Gasteiger partial charge in [0.15, 0.2) is 0 Å². The second-order valence-corrected chi connectivity index (χ2v) is 5.62. The lowest BCUT2D eigenvalue weighted by Gasteiger charge is -2.33. The monoisotopic (exact) mass is 262 g/mol. The van der Waals surface area contributed by atoms with E-state index >= 15 is 0 Å². The SMILES string of the molecule is CC(=O)NCCCC1=CCN(C2C=CCCC2)CC1. The van der Waals surface area contributed by atoms with E-state index < -0.39 is 0 Å². The van der Waals surface area contributed by atoms with Crippen LogP contribution in [-0.2, 0) is 4.79 Å². The molecule has 0 aromatic carbocycles. The Kier molecular flexibility index (Phi) is 5.64. The second kappa shape index (κ2) is 7.49. The van der Waals surface area contributed by atoms with E-state index in [0.717, 1.165) is 25.9 Å². The van der Waals surface area contributed by atoms with E-state index in [1.165, 1.54) is 32.2 Å². The van der Waals surface area contributed by atoms with Crippen LogP contribution < -0.4 is 5.32 Å². The highest BCUT2D eigenvalue weighted by Crippen LogP contribution is 2.22. The molecule has 1 heterocycles. The molecule has 0 fully saturated rings. The van der Waals surface area contributed by atoms with E-state index in [1.807, 2.05) is 0 Å². The largest absolute Gasteiger partial charge is 0.356 e. The lowest BCUT2D eigenvalue weighted by Crippen LogP contribution is -2.38. The molecule has 106 valence electrons. The van der Waals surface area contributed by atoms with Gasteiger partial charge in [-0.05, 0) is 38.5 Å². The fourth-order valence-electron chi connectivity index (χ4n) is 2.93. The van der Waals surface area contributed by atoms with Gasteiger partial charge >= 0.3 is 0 Å². The van der Waals surface area contributed by atoms with Crippen LogP contribution in [0.15, 0.2) is 23.8 Å². The maximum absolute atomic E-state index is 10.8. The van der Waals surface area contributed by atoms with Crippen molar-refractivity contribution >= 4 is 5.91 Å². The summed E-state index contributed by atoms with van der Waals surface area (Å²) < 4.78 is 0. The summed E-state index contributed by atoms with van der Waals surface area (Å²) in [5.74, 6) is 0.0767. The molecule has 1 aliphatic heterocycles. The Labute approximate surface area is 116 Å². The minimum Gasteiger partial charge on any atom is -0.356 e. The predicted molar refractivity (Wildman–Crippen MR) is 79.0 cm³/mol. The third-order valence-electron chi connectivity index (χ3n) is 4.08. The molecule has 0 bridgehead atoms. The maximum atomic E-state index is 10.8. The Bertz CT molecular complexity index is 360.